The fraction of sp³-hybridized carbons (Fsp3) is 0.250. The predicted octanol–water partition coefficient (Wildman–Crippen LogP) is 2.49. The van der Waals surface area contributed by atoms with Crippen molar-refractivity contribution in [2.45, 2.75) is 19.0 Å². The van der Waals surface area contributed by atoms with Crippen molar-refractivity contribution in [2.24, 2.45) is 0 Å². The van der Waals surface area contributed by atoms with E-state index in [-0.39, 0.29) is 30.2 Å². The maximum atomic E-state index is 13.3. The van der Waals surface area contributed by atoms with Gasteiger partial charge in [0.25, 0.3) is 0 Å². The van der Waals surface area contributed by atoms with Gasteiger partial charge in [0.1, 0.15) is 5.82 Å². The second-order valence-electron chi connectivity index (χ2n) is 5.29. The number of hydrogen-bond acceptors (Lipinski definition) is 3. The Bertz CT molecular complexity index is 705. The Morgan fingerprint density at radius 2 is 2.22 bits per heavy atom. The molecule has 120 valence electrons. The summed E-state index contributed by atoms with van der Waals surface area (Å²) in [6.07, 6.45) is 0.211. The van der Waals surface area contributed by atoms with Crippen molar-refractivity contribution in [1.29, 1.82) is 0 Å². The van der Waals surface area contributed by atoms with Gasteiger partial charge < -0.3 is 15.5 Å². The minimum atomic E-state index is -0.389. The molecule has 1 atom stereocenters. The zero-order valence-corrected chi connectivity index (χ0v) is 13.1. The molecule has 0 saturated carbocycles. The van der Waals surface area contributed by atoms with Crippen LogP contribution in [0, 0.1) is 5.82 Å². The van der Waals surface area contributed by atoms with E-state index in [0.29, 0.717) is 18.8 Å². The number of carbonyl (C=O) groups is 2. The smallest absolute Gasteiger partial charge is 0.315 e. The average molecular weight is 333 g/mol. The molecule has 2 aromatic rings. The van der Waals surface area contributed by atoms with Gasteiger partial charge in [0.2, 0.25) is 5.91 Å². The lowest BCUT2D eigenvalue weighted by atomic mass is 10.2. The fourth-order valence-corrected chi connectivity index (χ4v) is 3.16. The second-order valence-corrected chi connectivity index (χ2v) is 6.32. The molecule has 3 rings (SSSR count). The molecule has 23 heavy (non-hydrogen) atoms. The molecule has 0 spiro atoms. The first-order valence-electron chi connectivity index (χ1n) is 7.24. The lowest BCUT2D eigenvalue weighted by molar-refractivity contribution is -0.117. The van der Waals surface area contributed by atoms with Gasteiger partial charge in [-0.25, -0.2) is 9.18 Å². The predicted molar refractivity (Wildman–Crippen MR) is 86.8 cm³/mol. The molecule has 0 unspecified atom stereocenters. The Kier molecular flexibility index (Phi) is 4.57. The maximum Gasteiger partial charge on any atom is 0.315 e. The molecule has 0 radical (unpaired) electrons. The van der Waals surface area contributed by atoms with Crippen LogP contribution in [0.4, 0.5) is 14.9 Å². The van der Waals surface area contributed by atoms with Crippen molar-refractivity contribution in [3.63, 3.8) is 0 Å². The number of amides is 3. The Labute approximate surface area is 137 Å². The van der Waals surface area contributed by atoms with Gasteiger partial charge in [0.15, 0.2) is 0 Å². The van der Waals surface area contributed by atoms with Crippen LogP contribution in [0.1, 0.15) is 11.3 Å². The average Bonchev–Trinajstić information content (AvgIpc) is 3.15. The number of nitrogens with one attached hydrogen (secondary N) is 2. The third kappa shape index (κ3) is 3.87. The van der Waals surface area contributed by atoms with Crippen LogP contribution in [0.5, 0.6) is 0 Å². The molecule has 1 saturated heterocycles. The van der Waals surface area contributed by atoms with E-state index >= 15 is 0 Å². The van der Waals surface area contributed by atoms with Crippen molar-refractivity contribution in [3.05, 3.63) is 52.5 Å². The molecule has 1 aliphatic heterocycles. The van der Waals surface area contributed by atoms with Crippen LogP contribution < -0.4 is 15.5 Å². The van der Waals surface area contributed by atoms with Gasteiger partial charge in [-0.05, 0) is 29.6 Å². The highest BCUT2D eigenvalue weighted by Crippen LogP contribution is 2.22. The van der Waals surface area contributed by atoms with Crippen LogP contribution in [0.3, 0.4) is 0 Å². The molecule has 7 heteroatoms. The van der Waals surface area contributed by atoms with E-state index in [1.165, 1.54) is 17.0 Å². The largest absolute Gasteiger partial charge is 0.333 e. The highest BCUT2D eigenvalue weighted by molar-refractivity contribution is 7.09. The minimum absolute atomic E-state index is 0.126. The third-order valence-corrected chi connectivity index (χ3v) is 4.46. The molecule has 1 aromatic carbocycles. The molecule has 3 amide bonds. The molecule has 0 bridgehead atoms. The number of thiophene rings is 1. The van der Waals surface area contributed by atoms with Crippen molar-refractivity contribution in [2.75, 3.05) is 11.4 Å². The summed E-state index contributed by atoms with van der Waals surface area (Å²) in [6.45, 7) is 0.798. The summed E-state index contributed by atoms with van der Waals surface area (Å²) in [4.78, 5) is 26.5. The van der Waals surface area contributed by atoms with Gasteiger partial charge in [0.05, 0.1) is 12.6 Å². The van der Waals surface area contributed by atoms with E-state index in [9.17, 15) is 14.0 Å². The molecule has 2 N–H and O–H groups in total. The highest BCUT2D eigenvalue weighted by Gasteiger charge is 2.31. The normalized spacial score (nSPS) is 17.3. The summed E-state index contributed by atoms with van der Waals surface area (Å²) in [7, 11) is 0. The fourth-order valence-electron chi connectivity index (χ4n) is 2.51. The number of benzene rings is 1. The maximum absolute atomic E-state index is 13.3. The van der Waals surface area contributed by atoms with Gasteiger partial charge in [-0.3, -0.25) is 4.79 Å². The SMILES string of the molecule is O=C(NCc1cccs1)N[C@@H]1CC(=O)N(c2cccc(F)c2)C1. The van der Waals surface area contributed by atoms with Gasteiger partial charge in [-0.2, -0.15) is 0 Å². The summed E-state index contributed by atoms with van der Waals surface area (Å²) < 4.78 is 13.3. The summed E-state index contributed by atoms with van der Waals surface area (Å²) in [6, 6.07) is 9.16. The first-order chi connectivity index (χ1) is 11.1. The van der Waals surface area contributed by atoms with Gasteiger partial charge >= 0.3 is 6.03 Å². The lowest BCUT2D eigenvalue weighted by Gasteiger charge is -2.17. The first-order valence-corrected chi connectivity index (χ1v) is 8.12. The number of nitrogens with zero attached hydrogens (tertiary/aromatic N) is 1. The van der Waals surface area contributed by atoms with Gasteiger partial charge in [-0.15, -0.1) is 11.3 Å². The first kappa shape index (κ1) is 15.5. The zero-order chi connectivity index (χ0) is 16.2. The molecule has 5 nitrogen and oxygen atoms in total. The number of hydrogen-bond donors (Lipinski definition) is 2. The molecule has 1 aliphatic rings. The Balaban J connectivity index is 1.54. The van der Waals surface area contributed by atoms with Crippen molar-refractivity contribution >= 4 is 29.0 Å². The summed E-state index contributed by atoms with van der Waals surface area (Å²) in [5, 5.41) is 7.49. The quantitative estimate of drug-likeness (QED) is 0.903. The standard InChI is InChI=1S/C16H16FN3O2S/c17-11-3-1-4-13(7-11)20-10-12(8-15(20)21)19-16(22)18-9-14-5-2-6-23-14/h1-7,12H,8-10H2,(H2,18,19,22)/t12-/m1/s1. The number of carbonyl (C=O) groups excluding carboxylic acids is 2. The van der Waals surface area contributed by atoms with E-state index in [1.807, 2.05) is 17.5 Å². The highest BCUT2D eigenvalue weighted by atomic mass is 32.1. The number of halogens is 1. The van der Waals surface area contributed by atoms with Crippen LogP contribution in [-0.2, 0) is 11.3 Å². The van der Waals surface area contributed by atoms with Crippen molar-refractivity contribution in [1.82, 2.24) is 10.6 Å². The van der Waals surface area contributed by atoms with E-state index in [1.54, 1.807) is 23.5 Å². The molecule has 0 aliphatic carbocycles. The van der Waals surface area contributed by atoms with Crippen LogP contribution in [0.2, 0.25) is 0 Å². The minimum Gasteiger partial charge on any atom is -0.333 e. The number of urea groups is 1. The zero-order valence-electron chi connectivity index (χ0n) is 12.3. The van der Waals surface area contributed by atoms with Crippen LogP contribution in [0.15, 0.2) is 41.8 Å². The molecule has 2 heterocycles. The van der Waals surface area contributed by atoms with Crippen LogP contribution >= 0.6 is 11.3 Å². The monoisotopic (exact) mass is 333 g/mol. The van der Waals surface area contributed by atoms with Crippen molar-refractivity contribution in [3.8, 4) is 0 Å². The van der Waals surface area contributed by atoms with Gasteiger partial charge in [-0.1, -0.05) is 12.1 Å². The van der Waals surface area contributed by atoms with E-state index in [2.05, 4.69) is 10.6 Å². The lowest BCUT2D eigenvalue weighted by Crippen LogP contribution is -2.43. The molecular weight excluding hydrogens is 317 g/mol. The van der Waals surface area contributed by atoms with Crippen LogP contribution in [0.25, 0.3) is 0 Å². The molecule has 1 aromatic heterocycles. The Morgan fingerprint density at radius 1 is 1.35 bits per heavy atom. The second kappa shape index (κ2) is 6.78. The van der Waals surface area contributed by atoms with E-state index < -0.39 is 0 Å². The summed E-state index contributed by atoms with van der Waals surface area (Å²) >= 11 is 1.57. The topological polar surface area (TPSA) is 61.4 Å². The van der Waals surface area contributed by atoms with Gasteiger partial charge in [0, 0.05) is 23.5 Å². The van der Waals surface area contributed by atoms with E-state index in [0.717, 1.165) is 4.88 Å². The third-order valence-electron chi connectivity index (χ3n) is 3.58. The number of rotatable bonds is 4. The Morgan fingerprint density at radius 3 is 2.96 bits per heavy atom. The van der Waals surface area contributed by atoms with Crippen LogP contribution in [-0.4, -0.2) is 24.5 Å². The molecule has 1 fully saturated rings. The van der Waals surface area contributed by atoms with Crippen molar-refractivity contribution < 1.29 is 14.0 Å². The number of anilines is 1. The summed E-state index contributed by atoms with van der Waals surface area (Å²) in [5.74, 6) is -0.514. The molecular formula is C16H16FN3O2S. The van der Waals surface area contributed by atoms with E-state index in [4.69, 9.17) is 0 Å². The Hall–Kier alpha value is -2.41. The summed E-state index contributed by atoms with van der Waals surface area (Å²) in [5.41, 5.74) is 0.512.